The van der Waals surface area contributed by atoms with Crippen molar-refractivity contribution in [3.8, 4) is 67.9 Å². The lowest BCUT2D eigenvalue weighted by Crippen LogP contribution is -2.45. The number of unbranched alkanes of at least 4 members (excludes halogenated alkanes) is 1. The van der Waals surface area contributed by atoms with Crippen molar-refractivity contribution >= 4 is 14.8 Å². The number of hydrogen-bond acceptors (Lipinski definition) is 10. The average Bonchev–Trinajstić information content (AvgIpc) is 3.25. The van der Waals surface area contributed by atoms with Gasteiger partial charge in [0, 0.05) is 49.5 Å². The summed E-state index contributed by atoms with van der Waals surface area (Å²) < 4.78 is 29.3. The second-order valence-electron chi connectivity index (χ2n) is 13.7. The molecule has 0 bridgehead atoms. The number of benzene rings is 5. The number of carbonyl (C=O) groups excluding carboxylic acids is 1. The van der Waals surface area contributed by atoms with Gasteiger partial charge in [-0.2, -0.15) is 0 Å². The third kappa shape index (κ3) is 11.2. The maximum Gasteiger partial charge on any atom is 0.500 e. The van der Waals surface area contributed by atoms with Gasteiger partial charge >= 0.3 is 14.8 Å². The quantitative estimate of drug-likeness (QED) is 0.0454. The van der Waals surface area contributed by atoms with E-state index in [2.05, 4.69) is 24.3 Å². The Kier molecular flexibility index (Phi) is 14.9. The molecule has 0 fully saturated rings. The van der Waals surface area contributed by atoms with Crippen LogP contribution < -0.4 is 4.74 Å². The number of ether oxygens (including phenoxy) is 2. The molecule has 1 unspecified atom stereocenters. The molecule has 0 radical (unpaired) electrons. The maximum atomic E-state index is 12.6. The van der Waals surface area contributed by atoms with E-state index < -0.39 is 14.9 Å². The minimum absolute atomic E-state index is 0.0587. The molecule has 0 saturated carbocycles. The topological polar surface area (TPSA) is 122 Å². The lowest BCUT2D eigenvalue weighted by atomic mass is 10.0. The summed E-state index contributed by atoms with van der Waals surface area (Å²) in [5.74, 6) is 1.30. The van der Waals surface area contributed by atoms with E-state index >= 15 is 0 Å². The Balaban J connectivity index is 1.14. The second-order valence-corrected chi connectivity index (χ2v) is 16.4. The molecular weight excluding hydrogens is 747 g/mol. The van der Waals surface area contributed by atoms with Crippen molar-refractivity contribution in [1.82, 2.24) is 15.0 Å². The highest BCUT2D eigenvalue weighted by molar-refractivity contribution is 6.60. The minimum atomic E-state index is -2.74. The van der Waals surface area contributed by atoms with Crippen LogP contribution in [0, 0.1) is 0 Å². The lowest BCUT2D eigenvalue weighted by Gasteiger charge is -2.28. The number of esters is 1. The summed E-state index contributed by atoms with van der Waals surface area (Å²) in [6.07, 6.45) is 1.16. The van der Waals surface area contributed by atoms with Crippen molar-refractivity contribution in [3.63, 3.8) is 0 Å². The molecule has 0 aliphatic rings. The molecule has 300 valence electrons. The highest BCUT2D eigenvalue weighted by Gasteiger charge is 2.39. The van der Waals surface area contributed by atoms with Crippen LogP contribution in [0.25, 0.3) is 56.4 Å². The summed E-state index contributed by atoms with van der Waals surface area (Å²) in [5.41, 5.74) is 6.42. The van der Waals surface area contributed by atoms with Crippen LogP contribution in [0.1, 0.15) is 47.0 Å². The van der Waals surface area contributed by atoms with Crippen LogP contribution in [0.4, 0.5) is 0 Å². The van der Waals surface area contributed by atoms with E-state index in [-0.39, 0.29) is 24.7 Å². The molecule has 0 spiro atoms. The SMILES string of the molecule is CCO[Si](CCCCC(=O)OCC(C)Oc1ccc(-c2nc(-c3ccc(-c4ccccc4)cc3)nc(-c3ccc(-c4ccccc4)cc3)n2)c(O)c1)(OCC)OCC. The van der Waals surface area contributed by atoms with E-state index in [4.69, 9.17) is 37.7 Å². The fraction of sp³-hybridized carbons (Fsp3) is 0.277. The zero-order valence-electron chi connectivity index (χ0n) is 33.6. The molecule has 11 heteroatoms. The first-order chi connectivity index (χ1) is 28.3. The van der Waals surface area contributed by atoms with Crippen LogP contribution >= 0.6 is 0 Å². The Morgan fingerprint density at radius 3 is 1.55 bits per heavy atom. The molecule has 1 N–H and O–H groups in total. The van der Waals surface area contributed by atoms with Gasteiger partial charge < -0.3 is 27.9 Å². The van der Waals surface area contributed by atoms with E-state index in [9.17, 15) is 9.90 Å². The molecule has 0 aliphatic heterocycles. The van der Waals surface area contributed by atoms with Crippen LogP contribution in [-0.2, 0) is 22.8 Å². The zero-order valence-corrected chi connectivity index (χ0v) is 34.6. The number of phenolic OH excluding ortho intramolecular Hbond substituents is 1. The van der Waals surface area contributed by atoms with Gasteiger partial charge in [0.05, 0.1) is 5.56 Å². The van der Waals surface area contributed by atoms with Gasteiger partial charge in [0.15, 0.2) is 17.5 Å². The molecule has 10 nitrogen and oxygen atoms in total. The van der Waals surface area contributed by atoms with Crippen LogP contribution in [0.3, 0.4) is 0 Å². The third-order valence-electron chi connectivity index (χ3n) is 9.37. The van der Waals surface area contributed by atoms with Crippen molar-refractivity contribution in [2.45, 2.75) is 59.1 Å². The van der Waals surface area contributed by atoms with Gasteiger partial charge in [-0.05, 0) is 74.9 Å². The molecule has 6 rings (SSSR count). The Morgan fingerprint density at radius 2 is 1.07 bits per heavy atom. The summed E-state index contributed by atoms with van der Waals surface area (Å²) in [6, 6.07) is 42.1. The highest BCUT2D eigenvalue weighted by Crippen LogP contribution is 2.34. The molecule has 0 aliphatic carbocycles. The number of aromatic hydroxyl groups is 1. The largest absolute Gasteiger partial charge is 0.507 e. The normalized spacial score (nSPS) is 11.9. The molecule has 0 saturated heterocycles. The fourth-order valence-corrected chi connectivity index (χ4v) is 9.26. The molecule has 1 aromatic heterocycles. The summed E-state index contributed by atoms with van der Waals surface area (Å²) in [4.78, 5) is 27.1. The zero-order chi connectivity index (χ0) is 40.7. The third-order valence-corrected chi connectivity index (χ3v) is 12.5. The van der Waals surface area contributed by atoms with Crippen molar-refractivity contribution in [3.05, 3.63) is 127 Å². The number of nitrogens with zero attached hydrogens (tertiary/aromatic N) is 3. The molecule has 6 aromatic rings. The molecule has 5 aromatic carbocycles. The highest BCUT2D eigenvalue weighted by atomic mass is 28.4. The maximum absolute atomic E-state index is 12.6. The van der Waals surface area contributed by atoms with Gasteiger partial charge in [0.2, 0.25) is 0 Å². The Morgan fingerprint density at radius 1 is 0.603 bits per heavy atom. The van der Waals surface area contributed by atoms with Crippen LogP contribution in [0.5, 0.6) is 11.5 Å². The second kappa shape index (κ2) is 20.6. The number of rotatable bonds is 20. The van der Waals surface area contributed by atoms with Crippen molar-refractivity contribution < 1.29 is 32.7 Å². The van der Waals surface area contributed by atoms with Crippen LogP contribution in [-0.4, -0.2) is 67.4 Å². The number of aromatic nitrogens is 3. The van der Waals surface area contributed by atoms with E-state index in [1.54, 1.807) is 19.1 Å². The van der Waals surface area contributed by atoms with Gasteiger partial charge in [-0.25, -0.2) is 15.0 Å². The molecule has 58 heavy (non-hydrogen) atoms. The molecule has 0 amide bonds. The van der Waals surface area contributed by atoms with Gasteiger partial charge in [0.25, 0.3) is 0 Å². The average molecular weight is 798 g/mol. The Labute approximate surface area is 342 Å². The van der Waals surface area contributed by atoms with Crippen LogP contribution in [0.2, 0.25) is 6.04 Å². The molecule has 1 atom stereocenters. The first-order valence-corrected chi connectivity index (χ1v) is 21.9. The van der Waals surface area contributed by atoms with E-state index in [0.29, 0.717) is 61.1 Å². The van der Waals surface area contributed by atoms with E-state index in [0.717, 1.165) is 39.8 Å². The van der Waals surface area contributed by atoms with E-state index in [1.807, 2.05) is 106 Å². The molecular formula is C47H51N3O7Si. The Bertz CT molecular complexity index is 2090. The van der Waals surface area contributed by atoms with Gasteiger partial charge in [-0.15, -0.1) is 0 Å². The van der Waals surface area contributed by atoms with Crippen molar-refractivity contribution in [2.75, 3.05) is 26.4 Å². The number of phenols is 1. The molecule has 1 heterocycles. The first kappa shape index (κ1) is 41.9. The monoisotopic (exact) mass is 797 g/mol. The van der Waals surface area contributed by atoms with E-state index in [1.165, 1.54) is 6.07 Å². The summed E-state index contributed by atoms with van der Waals surface area (Å²) in [6.45, 7) is 9.19. The standard InChI is InChI=1S/C47H51N3O7Si/c1-5-54-58(55-6-2,56-7-3)31-15-14-20-44(52)53-33-34(4)57-41-29-30-42(43(51)32-41)47-49-45(39-25-21-37(22-26-39)35-16-10-8-11-17-35)48-46(50-47)40-27-23-38(24-28-40)36-18-12-9-13-19-36/h8-13,16-19,21-30,32,34,51H,5-7,14-15,20,31,33H2,1-4H3. The van der Waals surface area contributed by atoms with Crippen LogP contribution in [0.15, 0.2) is 127 Å². The first-order valence-electron chi connectivity index (χ1n) is 19.9. The van der Waals surface area contributed by atoms with Gasteiger partial charge in [0.1, 0.15) is 24.2 Å². The minimum Gasteiger partial charge on any atom is -0.507 e. The summed E-state index contributed by atoms with van der Waals surface area (Å²) in [7, 11) is -2.74. The number of hydrogen-bond donors (Lipinski definition) is 1. The van der Waals surface area contributed by atoms with Crippen molar-refractivity contribution in [1.29, 1.82) is 0 Å². The Hall–Kier alpha value is -5.72. The lowest BCUT2D eigenvalue weighted by molar-refractivity contribution is -0.146. The number of carbonyl (C=O) groups is 1. The fourth-order valence-electron chi connectivity index (χ4n) is 6.57. The van der Waals surface area contributed by atoms with Gasteiger partial charge in [-0.1, -0.05) is 109 Å². The smallest absolute Gasteiger partial charge is 0.500 e. The van der Waals surface area contributed by atoms with Gasteiger partial charge in [-0.3, -0.25) is 4.79 Å². The van der Waals surface area contributed by atoms with Crippen molar-refractivity contribution in [2.24, 2.45) is 0 Å². The summed E-state index contributed by atoms with van der Waals surface area (Å²) >= 11 is 0. The predicted octanol–water partition coefficient (Wildman–Crippen LogP) is 10.4. The summed E-state index contributed by atoms with van der Waals surface area (Å²) in [5, 5.41) is 11.3. The predicted molar refractivity (Wildman–Crippen MR) is 229 cm³/mol.